The Morgan fingerprint density at radius 3 is 2.46 bits per heavy atom. The van der Waals surface area contributed by atoms with E-state index in [9.17, 15) is 4.79 Å². The van der Waals surface area contributed by atoms with Gasteiger partial charge in [0.1, 0.15) is 0 Å². The van der Waals surface area contributed by atoms with E-state index < -0.39 is 0 Å². The van der Waals surface area contributed by atoms with E-state index in [-0.39, 0.29) is 11.3 Å². The van der Waals surface area contributed by atoms with E-state index in [0.717, 1.165) is 16.8 Å². The molecule has 2 rings (SSSR count). The summed E-state index contributed by atoms with van der Waals surface area (Å²) in [6, 6.07) is 15.9. The zero-order valence-electron chi connectivity index (χ0n) is 14.8. The smallest absolute Gasteiger partial charge is 0.248 e. The van der Waals surface area contributed by atoms with Crippen molar-refractivity contribution in [3.63, 3.8) is 0 Å². The largest absolute Gasteiger partial charge is 0.380 e. The molecule has 0 heterocycles. The lowest BCUT2D eigenvalue weighted by atomic mass is 9.87. The van der Waals surface area contributed by atoms with E-state index in [1.807, 2.05) is 42.5 Å². The Morgan fingerprint density at radius 2 is 1.83 bits per heavy atom. The molecular weight excluding hydrogens is 298 g/mol. The minimum Gasteiger partial charge on any atom is -0.380 e. The van der Waals surface area contributed by atoms with E-state index in [2.05, 4.69) is 38.2 Å². The number of ether oxygens (including phenoxy) is 1. The number of anilines is 1. The van der Waals surface area contributed by atoms with Crippen LogP contribution >= 0.6 is 0 Å². The summed E-state index contributed by atoms with van der Waals surface area (Å²) in [6.45, 7) is 7.08. The fourth-order valence-electron chi connectivity index (χ4n) is 2.36. The molecule has 126 valence electrons. The molecular formula is C21H25NO2. The van der Waals surface area contributed by atoms with Gasteiger partial charge in [0.25, 0.3) is 0 Å². The quantitative estimate of drug-likeness (QED) is 0.804. The summed E-state index contributed by atoms with van der Waals surface area (Å²) in [4.78, 5) is 12.1. The maximum Gasteiger partial charge on any atom is 0.248 e. The third kappa shape index (κ3) is 5.36. The molecule has 0 radical (unpaired) electrons. The first-order valence-electron chi connectivity index (χ1n) is 8.06. The van der Waals surface area contributed by atoms with Crippen molar-refractivity contribution >= 4 is 17.7 Å². The number of carbonyl (C=O) groups is 1. The first-order chi connectivity index (χ1) is 11.4. The second kappa shape index (κ2) is 7.93. The number of amides is 1. The Hall–Kier alpha value is -2.39. The predicted molar refractivity (Wildman–Crippen MR) is 100.0 cm³/mol. The average Bonchev–Trinajstić information content (AvgIpc) is 2.53. The molecule has 0 atom stereocenters. The molecule has 0 saturated carbocycles. The van der Waals surface area contributed by atoms with Crippen LogP contribution in [0.5, 0.6) is 0 Å². The van der Waals surface area contributed by atoms with E-state index >= 15 is 0 Å². The van der Waals surface area contributed by atoms with Gasteiger partial charge in [0, 0.05) is 18.9 Å². The van der Waals surface area contributed by atoms with Gasteiger partial charge in [-0.1, -0.05) is 57.2 Å². The molecule has 0 unspecified atom stereocenters. The number of rotatable bonds is 5. The highest BCUT2D eigenvalue weighted by Crippen LogP contribution is 2.22. The van der Waals surface area contributed by atoms with Gasteiger partial charge in [-0.3, -0.25) is 4.79 Å². The van der Waals surface area contributed by atoms with Crippen LogP contribution in [0.2, 0.25) is 0 Å². The molecule has 0 spiro atoms. The van der Waals surface area contributed by atoms with Crippen LogP contribution in [0.15, 0.2) is 54.6 Å². The Morgan fingerprint density at radius 1 is 1.12 bits per heavy atom. The molecule has 0 aliphatic carbocycles. The fourth-order valence-corrected chi connectivity index (χ4v) is 2.36. The fraction of sp³-hybridized carbons (Fsp3) is 0.286. The molecule has 1 N–H and O–H groups in total. The first kappa shape index (κ1) is 18.0. The van der Waals surface area contributed by atoms with Gasteiger partial charge in [-0.25, -0.2) is 0 Å². The molecule has 2 aromatic rings. The summed E-state index contributed by atoms with van der Waals surface area (Å²) in [5, 5.41) is 2.87. The van der Waals surface area contributed by atoms with Crippen LogP contribution in [0, 0.1) is 0 Å². The third-order valence-corrected chi connectivity index (χ3v) is 3.71. The highest BCUT2D eigenvalue weighted by molar-refractivity contribution is 6.01. The van der Waals surface area contributed by atoms with Gasteiger partial charge < -0.3 is 10.1 Å². The number of methoxy groups -OCH3 is 1. The molecule has 0 bridgehead atoms. The molecule has 0 fully saturated rings. The van der Waals surface area contributed by atoms with Gasteiger partial charge in [-0.2, -0.15) is 0 Å². The van der Waals surface area contributed by atoms with Crippen LogP contribution in [0.25, 0.3) is 6.08 Å². The molecule has 3 heteroatoms. The van der Waals surface area contributed by atoms with Gasteiger partial charge in [0.05, 0.1) is 6.61 Å². The molecule has 0 aromatic heterocycles. The SMILES string of the molecule is COCc1cccc(NC(=O)/C=C/c2ccc(C(C)(C)C)cc2)c1. The highest BCUT2D eigenvalue weighted by Gasteiger charge is 2.12. The molecule has 3 nitrogen and oxygen atoms in total. The van der Waals surface area contributed by atoms with Crippen molar-refractivity contribution in [2.45, 2.75) is 32.8 Å². The summed E-state index contributed by atoms with van der Waals surface area (Å²) < 4.78 is 5.10. The second-order valence-electron chi connectivity index (χ2n) is 6.83. The maximum atomic E-state index is 12.1. The number of carbonyl (C=O) groups excluding carboxylic acids is 1. The summed E-state index contributed by atoms with van der Waals surface area (Å²) in [5.74, 6) is -0.149. The van der Waals surface area contributed by atoms with Crippen LogP contribution in [0.3, 0.4) is 0 Å². The van der Waals surface area contributed by atoms with Gasteiger partial charge in [-0.05, 0) is 40.3 Å². The minimum absolute atomic E-state index is 0.132. The van der Waals surface area contributed by atoms with Gasteiger partial charge in [-0.15, -0.1) is 0 Å². The Balaban J connectivity index is 1.99. The van der Waals surface area contributed by atoms with Crippen molar-refractivity contribution in [1.29, 1.82) is 0 Å². The average molecular weight is 323 g/mol. The Kier molecular flexibility index (Phi) is 5.93. The standard InChI is InChI=1S/C21H25NO2/c1-21(2,3)18-11-8-16(9-12-18)10-13-20(23)22-19-7-5-6-17(14-19)15-24-4/h5-14H,15H2,1-4H3,(H,22,23)/b13-10+. The molecule has 24 heavy (non-hydrogen) atoms. The summed E-state index contributed by atoms with van der Waals surface area (Å²) >= 11 is 0. The van der Waals surface area contributed by atoms with Gasteiger partial charge >= 0.3 is 0 Å². The third-order valence-electron chi connectivity index (χ3n) is 3.71. The lowest BCUT2D eigenvalue weighted by Gasteiger charge is -2.18. The van der Waals surface area contributed by atoms with Crippen molar-refractivity contribution in [2.24, 2.45) is 0 Å². The van der Waals surface area contributed by atoms with Crippen LogP contribution < -0.4 is 5.32 Å². The van der Waals surface area contributed by atoms with Crippen molar-refractivity contribution in [1.82, 2.24) is 0 Å². The number of nitrogens with one attached hydrogen (secondary N) is 1. The predicted octanol–water partition coefficient (Wildman–Crippen LogP) is 4.78. The van der Waals surface area contributed by atoms with E-state index in [4.69, 9.17) is 4.74 Å². The lowest BCUT2D eigenvalue weighted by molar-refractivity contribution is -0.111. The second-order valence-corrected chi connectivity index (χ2v) is 6.83. The van der Waals surface area contributed by atoms with Crippen molar-refractivity contribution in [3.8, 4) is 0 Å². The first-order valence-corrected chi connectivity index (χ1v) is 8.06. The van der Waals surface area contributed by atoms with Gasteiger partial charge in [0.2, 0.25) is 5.91 Å². The van der Waals surface area contributed by atoms with Crippen LogP contribution in [0.4, 0.5) is 5.69 Å². The Bertz CT molecular complexity index is 709. The molecule has 0 aliphatic rings. The molecule has 0 aliphatic heterocycles. The lowest BCUT2D eigenvalue weighted by Crippen LogP contribution is -2.10. The summed E-state index contributed by atoms with van der Waals surface area (Å²) in [7, 11) is 1.65. The summed E-state index contributed by atoms with van der Waals surface area (Å²) in [6.07, 6.45) is 3.37. The van der Waals surface area contributed by atoms with E-state index in [1.54, 1.807) is 13.2 Å². The molecule has 0 saturated heterocycles. The summed E-state index contributed by atoms with van der Waals surface area (Å²) in [5.41, 5.74) is 4.21. The van der Waals surface area contributed by atoms with Crippen LogP contribution in [0.1, 0.15) is 37.5 Å². The van der Waals surface area contributed by atoms with Gasteiger partial charge in [0.15, 0.2) is 0 Å². The van der Waals surface area contributed by atoms with Crippen LogP contribution in [-0.4, -0.2) is 13.0 Å². The van der Waals surface area contributed by atoms with Crippen molar-refractivity contribution in [3.05, 3.63) is 71.3 Å². The maximum absolute atomic E-state index is 12.1. The minimum atomic E-state index is -0.149. The molecule has 1 amide bonds. The van der Waals surface area contributed by atoms with Crippen molar-refractivity contribution < 1.29 is 9.53 Å². The Labute approximate surface area is 144 Å². The normalized spacial score (nSPS) is 11.7. The highest BCUT2D eigenvalue weighted by atomic mass is 16.5. The molecule has 2 aromatic carbocycles. The number of benzene rings is 2. The van der Waals surface area contributed by atoms with Crippen LogP contribution in [-0.2, 0) is 21.6 Å². The zero-order valence-corrected chi connectivity index (χ0v) is 14.8. The number of hydrogen-bond donors (Lipinski definition) is 1. The zero-order chi connectivity index (χ0) is 17.6. The monoisotopic (exact) mass is 323 g/mol. The number of hydrogen-bond acceptors (Lipinski definition) is 2. The van der Waals surface area contributed by atoms with Crippen molar-refractivity contribution in [2.75, 3.05) is 12.4 Å². The topological polar surface area (TPSA) is 38.3 Å². The van der Waals surface area contributed by atoms with E-state index in [1.165, 1.54) is 5.56 Å². The van der Waals surface area contributed by atoms with E-state index in [0.29, 0.717) is 6.61 Å².